The summed E-state index contributed by atoms with van der Waals surface area (Å²) in [5, 5.41) is 22.9. The van der Waals surface area contributed by atoms with Crippen LogP contribution in [0.1, 0.15) is 23.7 Å². The van der Waals surface area contributed by atoms with Crippen LogP contribution in [0.4, 0.5) is 0 Å². The van der Waals surface area contributed by atoms with Crippen molar-refractivity contribution in [3.63, 3.8) is 0 Å². The predicted molar refractivity (Wildman–Crippen MR) is 78.8 cm³/mol. The normalized spacial score (nSPS) is 22.4. The summed E-state index contributed by atoms with van der Waals surface area (Å²) in [6.45, 7) is 2.51. The lowest BCUT2D eigenvalue weighted by molar-refractivity contribution is -0.105. The summed E-state index contributed by atoms with van der Waals surface area (Å²) in [7, 11) is 1.60. The molecular formula is C15H21N3O3. The molecule has 1 aromatic carbocycles. The van der Waals surface area contributed by atoms with E-state index in [2.05, 4.69) is 5.32 Å². The fraction of sp³-hybridized carbons (Fsp3) is 0.400. The van der Waals surface area contributed by atoms with Crippen LogP contribution >= 0.6 is 0 Å². The number of hydrogen-bond donors (Lipinski definition) is 3. The molecule has 0 aromatic heterocycles. The number of hydrogen-bond acceptors (Lipinski definition) is 5. The van der Waals surface area contributed by atoms with Crippen molar-refractivity contribution >= 4 is 5.91 Å². The van der Waals surface area contributed by atoms with Gasteiger partial charge >= 0.3 is 0 Å². The second kappa shape index (κ2) is 6.71. The number of amides is 1. The molecule has 3 N–H and O–H groups in total. The maximum Gasteiger partial charge on any atom is 0.259 e. The Balaban J connectivity index is 2.15. The minimum absolute atomic E-state index is 0.210. The molecular weight excluding hydrogens is 270 g/mol. The van der Waals surface area contributed by atoms with E-state index in [0.717, 1.165) is 6.42 Å². The molecule has 1 aromatic rings. The van der Waals surface area contributed by atoms with E-state index >= 15 is 0 Å². The number of carbonyl (C=O) groups excluding carboxylic acids is 1. The molecule has 1 aliphatic heterocycles. The largest absolute Gasteiger partial charge is 0.374 e. The minimum atomic E-state index is -1.02. The molecule has 6 heteroatoms. The molecule has 0 radical (unpaired) electrons. The van der Waals surface area contributed by atoms with Gasteiger partial charge in [0.2, 0.25) is 0 Å². The van der Waals surface area contributed by atoms with E-state index in [9.17, 15) is 15.0 Å². The molecule has 0 aliphatic carbocycles. The average molecular weight is 291 g/mol. The third-order valence-electron chi connectivity index (χ3n) is 3.41. The van der Waals surface area contributed by atoms with Crippen molar-refractivity contribution in [3.05, 3.63) is 47.8 Å². The second-order valence-electron chi connectivity index (χ2n) is 4.95. The number of rotatable bonds is 4. The lowest BCUT2D eigenvalue weighted by atomic mass is 10.2. The van der Waals surface area contributed by atoms with Gasteiger partial charge in [-0.1, -0.05) is 25.1 Å². The van der Waals surface area contributed by atoms with Gasteiger partial charge in [0.1, 0.15) is 12.0 Å². The van der Waals surface area contributed by atoms with Gasteiger partial charge in [0.15, 0.2) is 6.35 Å². The van der Waals surface area contributed by atoms with Crippen LogP contribution in [0.3, 0.4) is 0 Å². The topological polar surface area (TPSA) is 76.0 Å². The van der Waals surface area contributed by atoms with E-state index in [1.807, 2.05) is 13.0 Å². The van der Waals surface area contributed by atoms with E-state index in [-0.39, 0.29) is 5.91 Å². The molecule has 2 unspecified atom stereocenters. The lowest BCUT2D eigenvalue weighted by Gasteiger charge is -2.38. The molecule has 0 saturated carbocycles. The standard InChI is InChI=1S/C15H21N3O3/c1-3-9-18-13(19)10-12(16-15(18)21)17(2)14(20)11-7-5-4-6-8-11/h4-8,10,13,15-16,19,21H,3,9H2,1-2H3. The van der Waals surface area contributed by atoms with Crippen LogP contribution < -0.4 is 5.32 Å². The Hall–Kier alpha value is -1.89. The van der Waals surface area contributed by atoms with Crippen LogP contribution in [0, 0.1) is 0 Å². The highest BCUT2D eigenvalue weighted by Crippen LogP contribution is 2.15. The molecule has 6 nitrogen and oxygen atoms in total. The van der Waals surface area contributed by atoms with Crippen LogP contribution in [0.25, 0.3) is 0 Å². The Labute approximate surface area is 124 Å². The number of nitrogens with one attached hydrogen (secondary N) is 1. The van der Waals surface area contributed by atoms with E-state index < -0.39 is 12.6 Å². The molecule has 1 amide bonds. The van der Waals surface area contributed by atoms with Gasteiger partial charge in [0.05, 0.1) is 0 Å². The molecule has 0 saturated heterocycles. The fourth-order valence-electron chi connectivity index (χ4n) is 2.25. The van der Waals surface area contributed by atoms with Crippen molar-refractivity contribution in [2.75, 3.05) is 13.6 Å². The Morgan fingerprint density at radius 2 is 2.00 bits per heavy atom. The van der Waals surface area contributed by atoms with Crippen molar-refractivity contribution in [3.8, 4) is 0 Å². The van der Waals surface area contributed by atoms with Crippen molar-refractivity contribution in [2.45, 2.75) is 25.9 Å². The van der Waals surface area contributed by atoms with Gasteiger partial charge in [-0.25, -0.2) is 4.90 Å². The number of aliphatic hydroxyl groups is 2. The van der Waals surface area contributed by atoms with Crippen molar-refractivity contribution in [1.82, 2.24) is 15.1 Å². The number of nitrogens with zero attached hydrogens (tertiary/aromatic N) is 2. The van der Waals surface area contributed by atoms with Crippen LogP contribution in [-0.2, 0) is 0 Å². The molecule has 2 atom stereocenters. The summed E-state index contributed by atoms with van der Waals surface area (Å²) in [6.07, 6.45) is 0.370. The fourth-order valence-corrected chi connectivity index (χ4v) is 2.25. The molecule has 0 bridgehead atoms. The van der Waals surface area contributed by atoms with Crippen LogP contribution in [0.2, 0.25) is 0 Å². The Kier molecular flexibility index (Phi) is 4.95. The van der Waals surface area contributed by atoms with E-state index in [4.69, 9.17) is 0 Å². The Morgan fingerprint density at radius 3 is 2.57 bits per heavy atom. The molecule has 21 heavy (non-hydrogen) atoms. The molecule has 2 rings (SSSR count). The van der Waals surface area contributed by atoms with E-state index in [1.54, 1.807) is 31.3 Å². The zero-order chi connectivity index (χ0) is 15.4. The van der Waals surface area contributed by atoms with Crippen molar-refractivity contribution in [2.24, 2.45) is 0 Å². The number of aliphatic hydroxyl groups excluding tert-OH is 2. The third kappa shape index (κ3) is 3.41. The zero-order valence-electron chi connectivity index (χ0n) is 12.2. The molecule has 0 spiro atoms. The highest BCUT2D eigenvalue weighted by Gasteiger charge is 2.29. The first-order chi connectivity index (χ1) is 10.0. The van der Waals surface area contributed by atoms with Gasteiger partial charge in [-0.05, 0) is 24.6 Å². The number of benzene rings is 1. The van der Waals surface area contributed by atoms with Crippen molar-refractivity contribution < 1.29 is 15.0 Å². The van der Waals surface area contributed by atoms with E-state index in [1.165, 1.54) is 15.9 Å². The zero-order valence-corrected chi connectivity index (χ0v) is 12.2. The number of carbonyl (C=O) groups is 1. The maximum atomic E-state index is 12.3. The Bertz CT molecular complexity index is 518. The quantitative estimate of drug-likeness (QED) is 0.753. The third-order valence-corrected chi connectivity index (χ3v) is 3.41. The lowest BCUT2D eigenvalue weighted by Crippen LogP contribution is -2.56. The molecule has 114 valence electrons. The SMILES string of the molecule is CCCN1C(O)C=C(N(C)C(=O)c2ccccc2)NC1O. The minimum Gasteiger partial charge on any atom is -0.374 e. The summed E-state index contributed by atoms with van der Waals surface area (Å²) < 4.78 is 0. The van der Waals surface area contributed by atoms with Crippen LogP contribution in [-0.4, -0.2) is 52.1 Å². The monoisotopic (exact) mass is 291 g/mol. The summed E-state index contributed by atoms with van der Waals surface area (Å²) in [6, 6.07) is 8.86. The smallest absolute Gasteiger partial charge is 0.259 e. The maximum absolute atomic E-state index is 12.3. The van der Waals surface area contributed by atoms with Gasteiger partial charge in [-0.2, -0.15) is 0 Å². The second-order valence-corrected chi connectivity index (χ2v) is 4.95. The first kappa shape index (κ1) is 15.5. The summed E-state index contributed by atoms with van der Waals surface area (Å²) in [5.74, 6) is 0.175. The Morgan fingerprint density at radius 1 is 1.33 bits per heavy atom. The highest BCUT2D eigenvalue weighted by atomic mass is 16.3. The van der Waals surface area contributed by atoms with Gasteiger partial charge in [-0.3, -0.25) is 9.69 Å². The summed E-state index contributed by atoms with van der Waals surface area (Å²) in [4.78, 5) is 15.2. The van der Waals surface area contributed by atoms with Gasteiger partial charge in [0, 0.05) is 19.2 Å². The first-order valence-electron chi connectivity index (χ1n) is 6.98. The van der Waals surface area contributed by atoms with Gasteiger partial charge < -0.3 is 15.5 Å². The summed E-state index contributed by atoms with van der Waals surface area (Å²) in [5.41, 5.74) is 0.544. The average Bonchev–Trinajstić information content (AvgIpc) is 2.50. The first-order valence-corrected chi connectivity index (χ1v) is 6.98. The molecule has 1 heterocycles. The van der Waals surface area contributed by atoms with Gasteiger partial charge in [0.25, 0.3) is 5.91 Å². The van der Waals surface area contributed by atoms with Crippen LogP contribution in [0.5, 0.6) is 0 Å². The molecule has 0 fully saturated rings. The highest BCUT2D eigenvalue weighted by molar-refractivity contribution is 5.95. The van der Waals surface area contributed by atoms with E-state index in [0.29, 0.717) is 17.9 Å². The van der Waals surface area contributed by atoms with Gasteiger partial charge in [-0.15, -0.1) is 0 Å². The van der Waals surface area contributed by atoms with Crippen LogP contribution in [0.15, 0.2) is 42.2 Å². The summed E-state index contributed by atoms with van der Waals surface area (Å²) >= 11 is 0. The molecule has 1 aliphatic rings. The predicted octanol–water partition coefficient (Wildman–Crippen LogP) is 0.510. The van der Waals surface area contributed by atoms with Crippen molar-refractivity contribution in [1.29, 1.82) is 0 Å².